The molecule has 2 aliphatic carbocycles. The number of fused-ring (bicyclic) bond motifs is 1. The molecule has 0 aromatic heterocycles. The number of rotatable bonds is 4. The number of sulfone groups is 1. The van der Waals surface area contributed by atoms with Crippen LogP contribution in [0.2, 0.25) is 0 Å². The van der Waals surface area contributed by atoms with Crippen LogP contribution >= 0.6 is 0 Å². The molecule has 0 aliphatic heterocycles. The third kappa shape index (κ3) is 1.45. The summed E-state index contributed by atoms with van der Waals surface area (Å²) < 4.78 is 25.1. The van der Waals surface area contributed by atoms with Gasteiger partial charge in [0.05, 0.1) is 9.64 Å². The molecule has 0 unspecified atom stereocenters. The molecule has 2 aliphatic rings. The molecule has 19 heavy (non-hydrogen) atoms. The summed E-state index contributed by atoms with van der Waals surface area (Å²) in [6.07, 6.45) is 3.93. The predicted octanol–water partition coefficient (Wildman–Crippen LogP) is 3.60. The van der Waals surface area contributed by atoms with E-state index in [1.807, 2.05) is 6.07 Å². The fraction of sp³-hybridized carbons (Fsp3) is 0.500. The van der Waals surface area contributed by atoms with Crippen LogP contribution in [-0.4, -0.2) is 13.2 Å². The zero-order valence-electron chi connectivity index (χ0n) is 11.7. The number of hydrogen-bond donors (Lipinski definition) is 0. The number of hydrogen-bond acceptors (Lipinski definition) is 2. The first-order valence-corrected chi connectivity index (χ1v) is 8.30. The first-order valence-electron chi connectivity index (χ1n) is 6.81. The minimum atomic E-state index is -3.18. The molecule has 2 fully saturated rings. The molecule has 0 spiro atoms. The van der Waals surface area contributed by atoms with Crippen LogP contribution in [0, 0.1) is 11.3 Å². The molecular weight excluding hydrogens is 256 g/mol. The van der Waals surface area contributed by atoms with E-state index in [4.69, 9.17) is 0 Å². The van der Waals surface area contributed by atoms with Crippen molar-refractivity contribution in [3.63, 3.8) is 0 Å². The van der Waals surface area contributed by atoms with Gasteiger partial charge in [0, 0.05) is 0 Å². The molecule has 2 saturated carbocycles. The largest absolute Gasteiger partial charge is 0.223 e. The van der Waals surface area contributed by atoms with Gasteiger partial charge in [0.15, 0.2) is 9.84 Å². The molecule has 3 atom stereocenters. The smallest absolute Gasteiger partial charge is 0.184 e. The Morgan fingerprint density at radius 2 is 1.95 bits per heavy atom. The highest BCUT2D eigenvalue weighted by Gasteiger charge is 2.93. The summed E-state index contributed by atoms with van der Waals surface area (Å²) in [5.41, 5.74) is 1.30. The molecule has 2 nitrogen and oxygen atoms in total. The lowest BCUT2D eigenvalue weighted by molar-refractivity contribution is 0.521. The highest BCUT2D eigenvalue weighted by Crippen LogP contribution is 2.88. The van der Waals surface area contributed by atoms with Crippen LogP contribution in [0.25, 0.3) is 0 Å². The molecule has 0 heterocycles. The molecule has 102 valence electrons. The Labute approximate surface area is 115 Å². The number of benzene rings is 1. The summed E-state index contributed by atoms with van der Waals surface area (Å²) in [5.74, 6) is 0.292. The normalized spacial score (nSPS) is 35.4. The van der Waals surface area contributed by atoms with E-state index in [1.165, 1.54) is 5.57 Å². The summed E-state index contributed by atoms with van der Waals surface area (Å²) in [6, 6.07) is 8.90. The van der Waals surface area contributed by atoms with Gasteiger partial charge in [0.25, 0.3) is 0 Å². The molecule has 3 rings (SSSR count). The molecule has 0 saturated heterocycles. The minimum absolute atomic E-state index is 0.0267. The fourth-order valence-corrected chi connectivity index (χ4v) is 6.48. The van der Waals surface area contributed by atoms with E-state index in [1.54, 1.807) is 24.3 Å². The van der Waals surface area contributed by atoms with Crippen molar-refractivity contribution in [2.24, 2.45) is 11.3 Å². The Morgan fingerprint density at radius 1 is 1.32 bits per heavy atom. The Kier molecular flexibility index (Phi) is 2.53. The van der Waals surface area contributed by atoms with Crippen molar-refractivity contribution in [3.8, 4) is 0 Å². The molecule has 1 aromatic carbocycles. The molecule has 3 heteroatoms. The Balaban J connectivity index is 1.92. The molecular formula is C16H20O2S. The zero-order valence-corrected chi connectivity index (χ0v) is 12.5. The molecule has 0 N–H and O–H groups in total. The first-order chi connectivity index (χ1) is 8.88. The third-order valence-corrected chi connectivity index (χ3v) is 7.90. The van der Waals surface area contributed by atoms with E-state index in [-0.39, 0.29) is 5.41 Å². The van der Waals surface area contributed by atoms with E-state index < -0.39 is 14.6 Å². The van der Waals surface area contributed by atoms with Crippen LogP contribution in [-0.2, 0) is 9.84 Å². The van der Waals surface area contributed by atoms with Crippen molar-refractivity contribution in [2.75, 3.05) is 0 Å². The maximum atomic E-state index is 12.8. The average Bonchev–Trinajstić information content (AvgIpc) is 3.22. The van der Waals surface area contributed by atoms with Crippen LogP contribution in [0.4, 0.5) is 0 Å². The second kappa shape index (κ2) is 3.72. The van der Waals surface area contributed by atoms with Crippen LogP contribution in [0.15, 0.2) is 46.9 Å². The quantitative estimate of drug-likeness (QED) is 0.787. The highest BCUT2D eigenvalue weighted by molar-refractivity contribution is 7.93. The lowest BCUT2D eigenvalue weighted by Crippen LogP contribution is -2.17. The molecule has 0 bridgehead atoms. The predicted molar refractivity (Wildman–Crippen MR) is 76.6 cm³/mol. The van der Waals surface area contributed by atoms with Gasteiger partial charge >= 0.3 is 0 Å². The standard InChI is InChI=1S/C16H20O2S/c1-12(2)9-10-15-11-16(15,13(15)3)19(17,18)14-7-5-4-6-8-14/h4-9,13H,10-11H2,1-3H3/t13-,15-,16-/m1/s1. The van der Waals surface area contributed by atoms with Gasteiger partial charge in [-0.3, -0.25) is 0 Å². The van der Waals surface area contributed by atoms with Gasteiger partial charge in [-0.25, -0.2) is 8.42 Å². The SMILES string of the molecule is CC(C)=CC[C@]12C[C@@]1(S(=O)(=O)c1ccccc1)[C@@H]2C. The van der Waals surface area contributed by atoms with E-state index in [9.17, 15) is 8.42 Å². The van der Waals surface area contributed by atoms with Gasteiger partial charge in [-0.15, -0.1) is 0 Å². The van der Waals surface area contributed by atoms with Gasteiger partial charge in [-0.1, -0.05) is 36.8 Å². The maximum Gasteiger partial charge on any atom is 0.184 e. The summed E-state index contributed by atoms with van der Waals surface area (Å²) >= 11 is 0. The summed E-state index contributed by atoms with van der Waals surface area (Å²) in [5, 5.41) is 0. The molecule has 0 amide bonds. The average molecular weight is 276 g/mol. The maximum absolute atomic E-state index is 12.8. The van der Waals surface area contributed by atoms with Gasteiger partial charge in [-0.2, -0.15) is 0 Å². The Bertz CT molecular complexity index is 641. The fourth-order valence-electron chi connectivity index (χ4n) is 3.67. The van der Waals surface area contributed by atoms with E-state index in [0.29, 0.717) is 10.8 Å². The van der Waals surface area contributed by atoms with E-state index in [2.05, 4.69) is 26.8 Å². The van der Waals surface area contributed by atoms with E-state index >= 15 is 0 Å². The summed E-state index contributed by atoms with van der Waals surface area (Å²) in [7, 11) is -3.18. The summed E-state index contributed by atoms with van der Waals surface area (Å²) in [6.45, 7) is 6.22. The van der Waals surface area contributed by atoms with Crippen LogP contribution < -0.4 is 0 Å². The highest BCUT2D eigenvalue weighted by atomic mass is 32.2. The monoisotopic (exact) mass is 276 g/mol. The summed E-state index contributed by atoms with van der Waals surface area (Å²) in [4.78, 5) is 0.485. The number of allylic oxidation sites excluding steroid dienone is 2. The van der Waals surface area contributed by atoms with Crippen molar-refractivity contribution >= 4 is 9.84 Å². The third-order valence-electron chi connectivity index (χ3n) is 5.15. The lowest BCUT2D eigenvalue weighted by Gasteiger charge is -2.09. The van der Waals surface area contributed by atoms with Gasteiger partial charge < -0.3 is 0 Å². The van der Waals surface area contributed by atoms with Crippen molar-refractivity contribution < 1.29 is 8.42 Å². The van der Waals surface area contributed by atoms with Crippen molar-refractivity contribution in [1.82, 2.24) is 0 Å². The Morgan fingerprint density at radius 3 is 2.47 bits per heavy atom. The molecule has 1 aromatic rings. The van der Waals surface area contributed by atoms with Crippen molar-refractivity contribution in [3.05, 3.63) is 42.0 Å². The zero-order chi connectivity index (χ0) is 13.9. The second-order valence-electron chi connectivity index (χ2n) is 6.25. The van der Waals surface area contributed by atoms with Crippen LogP contribution in [0.5, 0.6) is 0 Å². The lowest BCUT2D eigenvalue weighted by atomic mass is 10.0. The van der Waals surface area contributed by atoms with Gasteiger partial charge in [0.1, 0.15) is 0 Å². The van der Waals surface area contributed by atoms with Gasteiger partial charge in [0.2, 0.25) is 0 Å². The van der Waals surface area contributed by atoms with Crippen molar-refractivity contribution in [2.45, 2.75) is 43.3 Å². The van der Waals surface area contributed by atoms with Crippen LogP contribution in [0.3, 0.4) is 0 Å². The minimum Gasteiger partial charge on any atom is -0.223 e. The van der Waals surface area contributed by atoms with Crippen LogP contribution in [0.1, 0.15) is 33.6 Å². The van der Waals surface area contributed by atoms with E-state index in [0.717, 1.165) is 12.8 Å². The first kappa shape index (κ1) is 12.9. The Hall–Kier alpha value is -1.09. The second-order valence-corrected chi connectivity index (χ2v) is 8.45. The van der Waals surface area contributed by atoms with Gasteiger partial charge in [-0.05, 0) is 50.2 Å². The topological polar surface area (TPSA) is 34.1 Å². The molecule has 0 radical (unpaired) electrons. The van der Waals surface area contributed by atoms with Crippen molar-refractivity contribution in [1.29, 1.82) is 0 Å².